The van der Waals surface area contributed by atoms with Crippen LogP contribution in [0.4, 0.5) is 0 Å². The summed E-state index contributed by atoms with van der Waals surface area (Å²) in [5.41, 5.74) is 2.38. The van der Waals surface area contributed by atoms with E-state index < -0.39 is 0 Å². The molecule has 0 aliphatic carbocycles. The number of amides is 1. The molecule has 4 aromatic rings. The zero-order chi connectivity index (χ0) is 17.2. The van der Waals surface area contributed by atoms with Crippen molar-refractivity contribution in [3.8, 4) is 0 Å². The van der Waals surface area contributed by atoms with E-state index in [0.717, 1.165) is 15.9 Å². The third kappa shape index (κ3) is 3.25. The van der Waals surface area contributed by atoms with E-state index in [1.54, 1.807) is 11.3 Å². The molecule has 0 unspecified atom stereocenters. The Hall–Kier alpha value is -2.73. The van der Waals surface area contributed by atoms with Crippen LogP contribution >= 0.6 is 11.3 Å². The third-order valence-corrected chi connectivity index (χ3v) is 5.39. The summed E-state index contributed by atoms with van der Waals surface area (Å²) in [6, 6.07) is 15.6. The first-order valence-corrected chi connectivity index (χ1v) is 8.98. The molecule has 1 N–H and O–H groups in total. The fraction of sp³-hybridized carbons (Fsp3) is 0.211. The van der Waals surface area contributed by atoms with Crippen molar-refractivity contribution in [2.45, 2.75) is 19.3 Å². The number of hydrogen-bond acceptors (Lipinski definition) is 5. The number of carbonyl (C=O) groups excluding carboxylic acids is 1. The van der Waals surface area contributed by atoms with Crippen LogP contribution in [0.25, 0.3) is 21.2 Å². The van der Waals surface area contributed by atoms with Crippen LogP contribution in [0.2, 0.25) is 0 Å². The van der Waals surface area contributed by atoms with Crippen LogP contribution in [-0.4, -0.2) is 22.6 Å². The van der Waals surface area contributed by atoms with Gasteiger partial charge in [-0.3, -0.25) is 4.79 Å². The first-order chi connectivity index (χ1) is 12.2. The van der Waals surface area contributed by atoms with Gasteiger partial charge in [0.15, 0.2) is 5.58 Å². The maximum atomic E-state index is 12.3. The first-order valence-electron chi connectivity index (χ1n) is 8.16. The van der Waals surface area contributed by atoms with E-state index in [9.17, 15) is 4.79 Å². The molecular weight excluding hydrogens is 334 g/mol. The van der Waals surface area contributed by atoms with Gasteiger partial charge in [0.1, 0.15) is 5.69 Å². The third-order valence-electron chi connectivity index (χ3n) is 4.12. The lowest BCUT2D eigenvalue weighted by atomic mass is 10.1. The summed E-state index contributed by atoms with van der Waals surface area (Å²) in [6.07, 6.45) is 0.212. The van der Waals surface area contributed by atoms with Gasteiger partial charge in [0.05, 0.1) is 21.6 Å². The molecule has 2 heterocycles. The van der Waals surface area contributed by atoms with E-state index in [1.807, 2.05) is 42.5 Å². The number of thiazole rings is 1. The maximum Gasteiger partial charge on any atom is 0.226 e. The Bertz CT molecular complexity index is 1000. The topological polar surface area (TPSA) is 68.0 Å². The van der Waals surface area contributed by atoms with Gasteiger partial charge in [-0.15, -0.1) is 11.3 Å². The number of aromatic nitrogens is 2. The Morgan fingerprint density at radius 1 is 1.20 bits per heavy atom. The fourth-order valence-corrected chi connectivity index (χ4v) is 3.75. The minimum absolute atomic E-state index is 0.0629. The smallest absolute Gasteiger partial charge is 0.226 e. The van der Waals surface area contributed by atoms with Gasteiger partial charge >= 0.3 is 0 Å². The second kappa shape index (κ2) is 6.64. The Morgan fingerprint density at radius 3 is 2.88 bits per heavy atom. The first kappa shape index (κ1) is 15.8. The van der Waals surface area contributed by atoms with E-state index in [1.165, 1.54) is 4.70 Å². The van der Waals surface area contributed by atoms with Gasteiger partial charge in [-0.1, -0.05) is 36.3 Å². The standard InChI is InChI=1S/C19H17N3O2S/c1-12(19-21-14-7-3-5-9-17(14)25-19)11-20-18(23)10-15-13-6-2-4-8-16(13)24-22-15/h2-9,12H,10-11H2,1H3,(H,20,23)/t12-/m0/s1. The van der Waals surface area contributed by atoms with Crippen LogP contribution in [0, 0.1) is 0 Å². The SMILES string of the molecule is C[C@@H](CNC(=O)Cc1noc2ccccc12)c1nc2ccccc2s1. The van der Waals surface area contributed by atoms with Gasteiger partial charge in [-0.25, -0.2) is 4.98 Å². The number of nitrogens with one attached hydrogen (secondary N) is 1. The average molecular weight is 351 g/mol. The highest BCUT2D eigenvalue weighted by Crippen LogP contribution is 2.27. The number of para-hydroxylation sites is 2. The second-order valence-electron chi connectivity index (χ2n) is 6.03. The van der Waals surface area contributed by atoms with Crippen molar-refractivity contribution in [2.24, 2.45) is 0 Å². The molecule has 4 rings (SSSR count). The van der Waals surface area contributed by atoms with Gasteiger partial charge in [0.2, 0.25) is 5.91 Å². The van der Waals surface area contributed by atoms with Crippen molar-refractivity contribution in [1.29, 1.82) is 0 Å². The van der Waals surface area contributed by atoms with Crippen LogP contribution in [0.5, 0.6) is 0 Å². The normalized spacial score (nSPS) is 12.5. The van der Waals surface area contributed by atoms with E-state index in [-0.39, 0.29) is 18.2 Å². The molecule has 0 aliphatic rings. The van der Waals surface area contributed by atoms with Crippen LogP contribution in [-0.2, 0) is 11.2 Å². The lowest BCUT2D eigenvalue weighted by Crippen LogP contribution is -2.29. The molecule has 1 amide bonds. The zero-order valence-corrected chi connectivity index (χ0v) is 14.5. The molecule has 2 aromatic heterocycles. The van der Waals surface area contributed by atoms with E-state index in [0.29, 0.717) is 17.8 Å². The Morgan fingerprint density at radius 2 is 2.00 bits per heavy atom. The predicted octanol–water partition coefficient (Wildman–Crippen LogP) is 3.90. The monoisotopic (exact) mass is 351 g/mol. The fourth-order valence-electron chi connectivity index (χ4n) is 2.74. The average Bonchev–Trinajstić information content (AvgIpc) is 3.24. The molecule has 0 saturated carbocycles. The van der Waals surface area contributed by atoms with E-state index in [2.05, 4.69) is 28.4 Å². The lowest BCUT2D eigenvalue weighted by Gasteiger charge is -2.09. The van der Waals surface area contributed by atoms with Gasteiger partial charge in [-0.2, -0.15) is 0 Å². The molecule has 0 aliphatic heterocycles. The highest BCUT2D eigenvalue weighted by atomic mass is 32.1. The van der Waals surface area contributed by atoms with Crippen molar-refractivity contribution in [2.75, 3.05) is 6.54 Å². The molecule has 2 aromatic carbocycles. The van der Waals surface area contributed by atoms with Crippen molar-refractivity contribution in [1.82, 2.24) is 15.5 Å². The number of carbonyl (C=O) groups is 1. The number of fused-ring (bicyclic) bond motifs is 2. The molecule has 6 heteroatoms. The minimum Gasteiger partial charge on any atom is -0.356 e. The molecule has 0 radical (unpaired) electrons. The largest absolute Gasteiger partial charge is 0.356 e. The molecule has 0 saturated heterocycles. The maximum absolute atomic E-state index is 12.3. The summed E-state index contributed by atoms with van der Waals surface area (Å²) < 4.78 is 6.41. The van der Waals surface area contributed by atoms with Crippen LogP contribution in [0.1, 0.15) is 23.5 Å². The number of rotatable bonds is 5. The summed E-state index contributed by atoms with van der Waals surface area (Å²) in [5.74, 6) is 0.0995. The van der Waals surface area contributed by atoms with Crippen LogP contribution < -0.4 is 5.32 Å². The molecule has 126 valence electrons. The van der Waals surface area contributed by atoms with Gasteiger partial charge < -0.3 is 9.84 Å². The minimum atomic E-state index is -0.0629. The molecule has 25 heavy (non-hydrogen) atoms. The highest BCUT2D eigenvalue weighted by molar-refractivity contribution is 7.18. The quantitative estimate of drug-likeness (QED) is 0.592. The van der Waals surface area contributed by atoms with Crippen molar-refractivity contribution in [3.63, 3.8) is 0 Å². The predicted molar refractivity (Wildman–Crippen MR) is 98.8 cm³/mol. The van der Waals surface area contributed by atoms with Crippen molar-refractivity contribution >= 4 is 38.4 Å². The molecular formula is C19H17N3O2S. The Kier molecular flexibility index (Phi) is 4.19. The summed E-state index contributed by atoms with van der Waals surface area (Å²) >= 11 is 1.67. The van der Waals surface area contributed by atoms with Gasteiger partial charge in [-0.05, 0) is 24.3 Å². The number of benzene rings is 2. The second-order valence-corrected chi connectivity index (χ2v) is 7.09. The summed E-state index contributed by atoms with van der Waals surface area (Å²) in [7, 11) is 0. The summed E-state index contributed by atoms with van der Waals surface area (Å²) in [5, 5.41) is 8.90. The summed E-state index contributed by atoms with van der Waals surface area (Å²) in [4.78, 5) is 16.9. The van der Waals surface area contributed by atoms with E-state index >= 15 is 0 Å². The molecule has 0 bridgehead atoms. The Labute approximate surface area is 148 Å². The lowest BCUT2D eigenvalue weighted by molar-refractivity contribution is -0.120. The molecule has 1 atom stereocenters. The highest BCUT2D eigenvalue weighted by Gasteiger charge is 2.15. The van der Waals surface area contributed by atoms with Crippen LogP contribution in [0.15, 0.2) is 53.1 Å². The number of nitrogens with zero attached hydrogens (tertiary/aromatic N) is 2. The molecule has 5 nitrogen and oxygen atoms in total. The zero-order valence-electron chi connectivity index (χ0n) is 13.7. The van der Waals surface area contributed by atoms with E-state index in [4.69, 9.17) is 4.52 Å². The number of hydrogen-bond donors (Lipinski definition) is 1. The van der Waals surface area contributed by atoms with Gasteiger partial charge in [0.25, 0.3) is 0 Å². The summed E-state index contributed by atoms with van der Waals surface area (Å²) in [6.45, 7) is 2.62. The molecule has 0 fully saturated rings. The van der Waals surface area contributed by atoms with Gasteiger partial charge in [0, 0.05) is 17.8 Å². The van der Waals surface area contributed by atoms with Crippen molar-refractivity contribution in [3.05, 3.63) is 59.2 Å². The molecule has 0 spiro atoms. The van der Waals surface area contributed by atoms with Crippen LogP contribution in [0.3, 0.4) is 0 Å². The Balaban J connectivity index is 1.39. The van der Waals surface area contributed by atoms with Crippen molar-refractivity contribution < 1.29 is 9.32 Å².